The number of carbonyl (C=O) groups is 1. The van der Waals surface area contributed by atoms with Crippen LogP contribution in [0, 0.1) is 0 Å². The fraction of sp³-hybridized carbons (Fsp3) is 0.364. The maximum absolute atomic E-state index is 13.5. The van der Waals surface area contributed by atoms with Gasteiger partial charge in [-0.2, -0.15) is 0 Å². The van der Waals surface area contributed by atoms with Crippen LogP contribution in [0.5, 0.6) is 11.5 Å². The van der Waals surface area contributed by atoms with E-state index >= 15 is 0 Å². The highest BCUT2D eigenvalue weighted by Crippen LogP contribution is 2.40. The third-order valence-electron chi connectivity index (χ3n) is 8.18. The van der Waals surface area contributed by atoms with Crippen molar-refractivity contribution < 1.29 is 19.0 Å². The predicted molar refractivity (Wildman–Crippen MR) is 165 cm³/mol. The Kier molecular flexibility index (Phi) is 8.55. The first-order valence-corrected chi connectivity index (χ1v) is 15.0. The Morgan fingerprint density at radius 2 is 1.71 bits per heavy atom. The van der Waals surface area contributed by atoms with Crippen molar-refractivity contribution in [3.05, 3.63) is 88.6 Å². The molecule has 6 rings (SSSR count). The molecule has 0 saturated carbocycles. The molecule has 4 aromatic rings. The molecule has 220 valence electrons. The molecule has 3 N–H and O–H groups in total. The Balaban J connectivity index is 1.17. The van der Waals surface area contributed by atoms with E-state index < -0.39 is 6.09 Å². The third-order valence-corrected chi connectivity index (χ3v) is 8.43. The van der Waals surface area contributed by atoms with E-state index in [1.54, 1.807) is 29.2 Å². The molecule has 3 aromatic carbocycles. The van der Waals surface area contributed by atoms with Crippen LogP contribution in [0.2, 0.25) is 5.02 Å². The highest BCUT2D eigenvalue weighted by atomic mass is 35.5. The van der Waals surface area contributed by atoms with Crippen molar-refractivity contribution in [3.8, 4) is 11.5 Å². The van der Waals surface area contributed by atoms with Gasteiger partial charge in [-0.3, -0.25) is 4.90 Å². The van der Waals surface area contributed by atoms with Crippen LogP contribution in [0.1, 0.15) is 42.1 Å². The number of anilines is 1. The monoisotopic (exact) mass is 588 g/mol. The van der Waals surface area contributed by atoms with E-state index in [1.807, 2.05) is 42.5 Å². The molecule has 1 atom stereocenters. The van der Waals surface area contributed by atoms with Crippen molar-refractivity contribution in [2.45, 2.75) is 37.8 Å². The number of nitrogen functional groups attached to an aromatic ring is 1. The number of H-pyrrole nitrogens is 1. The zero-order valence-corrected chi connectivity index (χ0v) is 24.6. The zero-order chi connectivity index (χ0) is 29.1. The van der Waals surface area contributed by atoms with Gasteiger partial charge in [0.05, 0.1) is 19.3 Å². The van der Waals surface area contributed by atoms with Crippen molar-refractivity contribution in [2.24, 2.45) is 0 Å². The number of nitrogens with one attached hydrogen (secondary N) is 1. The Bertz CT molecular complexity index is 1510. The number of fused-ring (bicyclic) bond motifs is 3. The number of ether oxygens (including phenoxy) is 3. The van der Waals surface area contributed by atoms with Gasteiger partial charge in [0.2, 0.25) is 0 Å². The van der Waals surface area contributed by atoms with Gasteiger partial charge in [-0.1, -0.05) is 23.7 Å². The third kappa shape index (κ3) is 6.36. The molecular formula is C33H37ClN4O4. The molecule has 42 heavy (non-hydrogen) atoms. The van der Waals surface area contributed by atoms with E-state index in [1.165, 1.54) is 5.56 Å². The van der Waals surface area contributed by atoms with Crippen LogP contribution in [-0.4, -0.2) is 66.9 Å². The van der Waals surface area contributed by atoms with Gasteiger partial charge in [0.1, 0.15) is 17.5 Å². The van der Waals surface area contributed by atoms with E-state index in [9.17, 15) is 4.79 Å². The largest absolute Gasteiger partial charge is 0.494 e. The van der Waals surface area contributed by atoms with Gasteiger partial charge in [-0.15, -0.1) is 0 Å². The number of nitrogens with two attached hydrogens (primary N) is 1. The number of nitrogens with zero attached hydrogens (tertiary/aromatic N) is 2. The summed E-state index contributed by atoms with van der Waals surface area (Å²) in [6, 6.07) is 20.3. The number of benzene rings is 3. The maximum atomic E-state index is 13.5. The fourth-order valence-electron chi connectivity index (χ4n) is 5.91. The maximum Gasteiger partial charge on any atom is 0.416 e. The van der Waals surface area contributed by atoms with E-state index in [4.69, 9.17) is 31.5 Å². The number of rotatable bonds is 8. The van der Waals surface area contributed by atoms with Crippen molar-refractivity contribution in [3.63, 3.8) is 0 Å². The van der Waals surface area contributed by atoms with E-state index in [0.29, 0.717) is 48.7 Å². The minimum atomic E-state index is -0.420. The van der Waals surface area contributed by atoms with Gasteiger partial charge in [0.15, 0.2) is 0 Å². The number of hydrogen-bond acceptors (Lipinski definition) is 6. The summed E-state index contributed by atoms with van der Waals surface area (Å²) in [6.45, 7) is 3.98. The Labute approximate surface area is 251 Å². The van der Waals surface area contributed by atoms with Crippen LogP contribution in [0.3, 0.4) is 0 Å². The molecule has 1 unspecified atom stereocenters. The van der Waals surface area contributed by atoms with Gasteiger partial charge in [-0.25, -0.2) is 4.79 Å². The number of likely N-dealkylation sites (tertiary alicyclic amines) is 1. The summed E-state index contributed by atoms with van der Waals surface area (Å²) in [6.07, 6.45) is 3.65. The molecule has 2 aliphatic rings. The minimum absolute atomic E-state index is 0.358. The summed E-state index contributed by atoms with van der Waals surface area (Å²) in [5.41, 5.74) is 10.9. The Morgan fingerprint density at radius 3 is 2.48 bits per heavy atom. The first kappa shape index (κ1) is 28.4. The lowest BCUT2D eigenvalue weighted by Gasteiger charge is -2.35. The standard InChI is InChI=1S/C33H37ClN4O4/c1-37-16-13-26(14-17-37)41-20-2-19-40-25-8-3-22(4-9-25)32-31-28(29-21-24(35)7-12-30(29)36-31)15-18-38(32)33(39)42-27-10-5-23(34)6-11-27/h3-12,21,26,32,36H,2,13-20,35H2,1H3. The van der Waals surface area contributed by atoms with Crippen molar-refractivity contribution in [2.75, 3.05) is 45.6 Å². The van der Waals surface area contributed by atoms with Crippen LogP contribution in [-0.2, 0) is 11.2 Å². The van der Waals surface area contributed by atoms with E-state index in [0.717, 1.165) is 60.3 Å². The highest BCUT2D eigenvalue weighted by molar-refractivity contribution is 6.30. The summed E-state index contributed by atoms with van der Waals surface area (Å²) in [7, 11) is 2.16. The van der Waals surface area contributed by atoms with Crippen LogP contribution < -0.4 is 15.2 Å². The van der Waals surface area contributed by atoms with Crippen molar-refractivity contribution in [1.29, 1.82) is 0 Å². The van der Waals surface area contributed by atoms with Crippen molar-refractivity contribution in [1.82, 2.24) is 14.8 Å². The summed E-state index contributed by atoms with van der Waals surface area (Å²) in [4.78, 5) is 21.2. The Hall–Kier alpha value is -3.72. The molecule has 8 nitrogen and oxygen atoms in total. The number of hydrogen-bond donors (Lipinski definition) is 2. The first-order valence-electron chi connectivity index (χ1n) is 14.6. The molecule has 0 spiro atoms. The smallest absolute Gasteiger partial charge is 0.416 e. The molecular weight excluding hydrogens is 552 g/mol. The molecule has 0 bridgehead atoms. The minimum Gasteiger partial charge on any atom is -0.494 e. The number of aromatic nitrogens is 1. The number of halogens is 1. The van der Waals surface area contributed by atoms with Crippen LogP contribution >= 0.6 is 11.6 Å². The van der Waals surface area contributed by atoms with Crippen LogP contribution in [0.25, 0.3) is 10.9 Å². The van der Waals surface area contributed by atoms with Gasteiger partial charge in [-0.05, 0) is 92.0 Å². The van der Waals surface area contributed by atoms with Crippen molar-refractivity contribution >= 4 is 34.3 Å². The molecule has 1 aromatic heterocycles. The second kappa shape index (κ2) is 12.7. The van der Waals surface area contributed by atoms with Gasteiger partial charge in [0.25, 0.3) is 0 Å². The highest BCUT2D eigenvalue weighted by Gasteiger charge is 2.35. The number of carbonyl (C=O) groups excluding carboxylic acids is 1. The van der Waals surface area contributed by atoms with Gasteiger partial charge < -0.3 is 29.8 Å². The van der Waals surface area contributed by atoms with Gasteiger partial charge >= 0.3 is 6.09 Å². The molecule has 2 aliphatic heterocycles. The summed E-state index contributed by atoms with van der Waals surface area (Å²) in [5.74, 6) is 1.23. The normalized spacial score (nSPS) is 17.8. The second-order valence-electron chi connectivity index (χ2n) is 11.1. The number of amides is 1. The average molecular weight is 589 g/mol. The van der Waals surface area contributed by atoms with Crippen LogP contribution in [0.4, 0.5) is 10.5 Å². The topological polar surface area (TPSA) is 93.0 Å². The summed E-state index contributed by atoms with van der Waals surface area (Å²) < 4.78 is 17.8. The molecule has 1 saturated heterocycles. The summed E-state index contributed by atoms with van der Waals surface area (Å²) >= 11 is 6.02. The van der Waals surface area contributed by atoms with Crippen LogP contribution in [0.15, 0.2) is 66.7 Å². The number of piperidine rings is 1. The molecule has 1 fully saturated rings. The SMILES string of the molecule is CN1CCC(OCCCOc2ccc(C3c4[nH]c5ccc(N)cc5c4CCN3C(=O)Oc3ccc(Cl)cc3)cc2)CC1. The molecule has 0 radical (unpaired) electrons. The summed E-state index contributed by atoms with van der Waals surface area (Å²) in [5, 5.41) is 1.67. The first-order chi connectivity index (χ1) is 20.4. The van der Waals surface area contributed by atoms with E-state index in [-0.39, 0.29) is 6.04 Å². The second-order valence-corrected chi connectivity index (χ2v) is 11.6. The van der Waals surface area contributed by atoms with Gasteiger partial charge in [0, 0.05) is 53.4 Å². The lowest BCUT2D eigenvalue weighted by molar-refractivity contribution is 0.00784. The lowest BCUT2D eigenvalue weighted by atomic mass is 9.92. The van der Waals surface area contributed by atoms with E-state index in [2.05, 4.69) is 16.9 Å². The number of aromatic amines is 1. The predicted octanol–water partition coefficient (Wildman–Crippen LogP) is 6.43. The fourth-order valence-corrected chi connectivity index (χ4v) is 6.03. The molecule has 0 aliphatic carbocycles. The average Bonchev–Trinajstić information content (AvgIpc) is 3.37. The molecule has 9 heteroatoms. The quantitative estimate of drug-likeness (QED) is 0.182. The molecule has 1 amide bonds. The zero-order valence-electron chi connectivity index (χ0n) is 23.9. The lowest BCUT2D eigenvalue weighted by Crippen LogP contribution is -2.42. The Morgan fingerprint density at radius 1 is 0.976 bits per heavy atom. The molecule has 3 heterocycles.